The Morgan fingerprint density at radius 2 is 0.950 bits per heavy atom. The molecule has 0 aromatic heterocycles. The normalized spacial score (nSPS) is 32.6. The van der Waals surface area contributed by atoms with Crippen LogP contribution >= 0.6 is 0 Å². The predicted octanol–water partition coefficient (Wildman–Crippen LogP) is 9.85. The van der Waals surface area contributed by atoms with E-state index >= 15 is 0 Å². The van der Waals surface area contributed by atoms with E-state index in [4.69, 9.17) is 4.74 Å². The van der Waals surface area contributed by atoms with Gasteiger partial charge in [-0.3, -0.25) is 0 Å². The van der Waals surface area contributed by atoms with Crippen molar-refractivity contribution in [3.63, 3.8) is 0 Å². The van der Waals surface area contributed by atoms with Gasteiger partial charge in [-0.2, -0.15) is 4.39 Å². The number of aromatic hydroxyl groups is 1. The van der Waals surface area contributed by atoms with Crippen LogP contribution < -0.4 is 0 Å². The Morgan fingerprint density at radius 1 is 0.550 bits per heavy atom. The molecule has 2 nitrogen and oxygen atoms in total. The second kappa shape index (κ2) is 12.0. The summed E-state index contributed by atoms with van der Waals surface area (Å²) in [6.45, 7) is 0.484. The molecule has 3 aliphatic carbocycles. The molecule has 6 rings (SSSR count). The van der Waals surface area contributed by atoms with Crippen molar-refractivity contribution in [3.05, 3.63) is 64.2 Å². The van der Waals surface area contributed by atoms with E-state index in [-0.39, 0.29) is 17.9 Å². The van der Waals surface area contributed by atoms with Crippen LogP contribution in [-0.4, -0.2) is 11.7 Å². The van der Waals surface area contributed by atoms with Crippen LogP contribution in [0.15, 0.2) is 24.3 Å². The molecule has 0 spiro atoms. The number of rotatable bonds is 7. The molecule has 0 radical (unpaired) electrons. The van der Waals surface area contributed by atoms with E-state index in [0.717, 1.165) is 63.2 Å². The highest BCUT2D eigenvalue weighted by molar-refractivity contribution is 5.33. The molecular weight excluding hydrogens is 516 g/mol. The fraction of sp³-hybridized carbons (Fsp3) is 0.647. The fourth-order valence-corrected chi connectivity index (χ4v) is 8.32. The van der Waals surface area contributed by atoms with Gasteiger partial charge in [-0.05, 0) is 117 Å². The lowest BCUT2D eigenvalue weighted by Gasteiger charge is -2.38. The highest BCUT2D eigenvalue weighted by Crippen LogP contribution is 2.47. The zero-order valence-corrected chi connectivity index (χ0v) is 23.3. The molecule has 1 unspecified atom stereocenters. The van der Waals surface area contributed by atoms with E-state index in [1.54, 1.807) is 18.2 Å². The molecule has 40 heavy (non-hydrogen) atoms. The summed E-state index contributed by atoms with van der Waals surface area (Å²) in [6, 6.07) is 6.33. The van der Waals surface area contributed by atoms with E-state index in [1.807, 2.05) is 0 Å². The van der Waals surface area contributed by atoms with Crippen LogP contribution in [0.4, 0.5) is 17.6 Å². The molecular formula is C34H42F4O2. The zero-order valence-electron chi connectivity index (χ0n) is 23.3. The Labute approximate surface area is 235 Å². The first-order chi connectivity index (χ1) is 19.4. The molecule has 218 valence electrons. The van der Waals surface area contributed by atoms with Gasteiger partial charge in [0.25, 0.3) is 0 Å². The van der Waals surface area contributed by atoms with Crippen molar-refractivity contribution in [2.75, 3.05) is 6.61 Å². The first kappa shape index (κ1) is 28.1. The molecule has 1 aliphatic heterocycles. The maximum atomic E-state index is 14.8. The molecule has 4 fully saturated rings. The Balaban J connectivity index is 0.910. The lowest BCUT2D eigenvalue weighted by Crippen LogP contribution is -2.26. The fourth-order valence-electron chi connectivity index (χ4n) is 8.32. The molecule has 1 atom stereocenters. The maximum Gasteiger partial charge on any atom is 0.200 e. The summed E-state index contributed by atoms with van der Waals surface area (Å²) in [5.74, 6) is -0.883. The van der Waals surface area contributed by atoms with Crippen molar-refractivity contribution in [2.24, 2.45) is 23.7 Å². The summed E-state index contributed by atoms with van der Waals surface area (Å²) in [5, 5.41) is 9.40. The van der Waals surface area contributed by atoms with Gasteiger partial charge in [0.15, 0.2) is 23.2 Å². The Morgan fingerprint density at radius 3 is 1.50 bits per heavy atom. The van der Waals surface area contributed by atoms with E-state index in [9.17, 15) is 22.7 Å². The van der Waals surface area contributed by atoms with Crippen molar-refractivity contribution in [1.82, 2.24) is 0 Å². The van der Waals surface area contributed by atoms with E-state index in [2.05, 4.69) is 0 Å². The SMILES string of the molecule is Oc1ccc(C2CCC(CCC3CCC(C4CCC(c5ccc(C6CO6)c(F)c5F)CC4)CC3)CC2)c(F)c1F. The van der Waals surface area contributed by atoms with E-state index in [1.165, 1.54) is 44.6 Å². The van der Waals surface area contributed by atoms with Crippen LogP contribution in [-0.2, 0) is 4.74 Å². The van der Waals surface area contributed by atoms with Gasteiger partial charge in [-0.25, -0.2) is 13.2 Å². The minimum atomic E-state index is -1.12. The van der Waals surface area contributed by atoms with Gasteiger partial charge in [0.1, 0.15) is 6.10 Å². The minimum Gasteiger partial charge on any atom is -0.505 e. The lowest BCUT2D eigenvalue weighted by molar-refractivity contribution is 0.150. The molecule has 2 aromatic carbocycles. The van der Waals surface area contributed by atoms with Crippen molar-refractivity contribution >= 4 is 0 Å². The van der Waals surface area contributed by atoms with E-state index < -0.39 is 29.0 Å². The summed E-state index contributed by atoms with van der Waals surface area (Å²) >= 11 is 0. The number of ether oxygens (including phenoxy) is 1. The lowest BCUT2D eigenvalue weighted by atomic mass is 9.67. The van der Waals surface area contributed by atoms with Crippen LogP contribution in [0.3, 0.4) is 0 Å². The highest BCUT2D eigenvalue weighted by atomic mass is 19.2. The molecule has 2 aromatic rings. The molecule has 4 aliphatic rings. The van der Waals surface area contributed by atoms with Gasteiger partial charge < -0.3 is 9.84 Å². The second-order valence-electron chi connectivity index (χ2n) is 13.2. The number of hydrogen-bond acceptors (Lipinski definition) is 2. The number of benzene rings is 2. The molecule has 0 amide bonds. The zero-order chi connectivity index (χ0) is 27.8. The smallest absolute Gasteiger partial charge is 0.200 e. The molecule has 1 saturated heterocycles. The Kier molecular flexibility index (Phi) is 8.44. The van der Waals surface area contributed by atoms with Gasteiger partial charge >= 0.3 is 0 Å². The summed E-state index contributed by atoms with van der Waals surface area (Å²) < 4.78 is 62.6. The number of phenols is 1. The third-order valence-electron chi connectivity index (χ3n) is 11.0. The van der Waals surface area contributed by atoms with Crippen molar-refractivity contribution in [2.45, 2.75) is 108 Å². The Bertz CT molecular complexity index is 1170. The summed E-state index contributed by atoms with van der Waals surface area (Å²) in [6.07, 6.45) is 15.4. The standard InChI is InChI=1S/C34H42F4O2/c35-31-26(15-16-28(33(31)37)30-19-40-30)25-13-11-23(12-14-25)22-7-3-20(4-8-22)1-2-21-5-9-24(10-6-21)27-17-18-29(39)34(38)32(27)36/h15-18,20-25,30,39H,1-14,19H2. The number of epoxide rings is 1. The monoisotopic (exact) mass is 558 g/mol. The predicted molar refractivity (Wildman–Crippen MR) is 147 cm³/mol. The van der Waals surface area contributed by atoms with Crippen LogP contribution in [0.5, 0.6) is 5.75 Å². The molecule has 1 heterocycles. The number of halogens is 4. The first-order valence-corrected chi connectivity index (χ1v) is 15.6. The topological polar surface area (TPSA) is 32.8 Å². The summed E-state index contributed by atoms with van der Waals surface area (Å²) in [4.78, 5) is 0. The van der Waals surface area contributed by atoms with Crippen molar-refractivity contribution in [1.29, 1.82) is 0 Å². The highest BCUT2D eigenvalue weighted by Gasteiger charge is 2.35. The Hall–Kier alpha value is -2.08. The maximum absolute atomic E-state index is 14.8. The average Bonchev–Trinajstić information content (AvgIpc) is 3.83. The van der Waals surface area contributed by atoms with Crippen molar-refractivity contribution in [3.8, 4) is 5.75 Å². The quantitative estimate of drug-likeness (QED) is 0.271. The molecule has 1 N–H and O–H groups in total. The third kappa shape index (κ3) is 5.93. The van der Waals surface area contributed by atoms with Gasteiger partial charge in [0.2, 0.25) is 5.82 Å². The van der Waals surface area contributed by atoms with Gasteiger partial charge in [0.05, 0.1) is 6.61 Å². The number of phenolic OH excluding ortho intramolecular Hbond substituents is 1. The van der Waals surface area contributed by atoms with Gasteiger partial charge in [-0.1, -0.05) is 43.9 Å². The van der Waals surface area contributed by atoms with E-state index in [0.29, 0.717) is 35.1 Å². The van der Waals surface area contributed by atoms with Gasteiger partial charge in [-0.15, -0.1) is 0 Å². The second-order valence-corrected chi connectivity index (χ2v) is 13.2. The largest absolute Gasteiger partial charge is 0.505 e. The molecule has 6 heteroatoms. The third-order valence-corrected chi connectivity index (χ3v) is 11.0. The van der Waals surface area contributed by atoms with Crippen LogP contribution in [0.1, 0.15) is 125 Å². The average molecular weight is 559 g/mol. The molecule has 0 bridgehead atoms. The molecule has 3 saturated carbocycles. The van der Waals surface area contributed by atoms with Crippen LogP contribution in [0.25, 0.3) is 0 Å². The van der Waals surface area contributed by atoms with Gasteiger partial charge in [0, 0.05) is 5.56 Å². The number of hydrogen-bond donors (Lipinski definition) is 1. The van der Waals surface area contributed by atoms with Crippen molar-refractivity contribution < 1.29 is 27.4 Å². The first-order valence-electron chi connectivity index (χ1n) is 15.6. The summed E-state index contributed by atoms with van der Waals surface area (Å²) in [7, 11) is 0. The minimum absolute atomic E-state index is 0.0455. The summed E-state index contributed by atoms with van der Waals surface area (Å²) in [5.41, 5.74) is 1.33. The van der Waals surface area contributed by atoms with Crippen LogP contribution in [0.2, 0.25) is 0 Å². The van der Waals surface area contributed by atoms with Crippen LogP contribution in [0, 0.1) is 46.9 Å².